The maximum absolute atomic E-state index is 12.0. The Kier molecular flexibility index (Phi) is 5.56. The van der Waals surface area contributed by atoms with Crippen LogP contribution >= 0.6 is 0 Å². The van der Waals surface area contributed by atoms with Crippen molar-refractivity contribution in [3.05, 3.63) is 0 Å². The van der Waals surface area contributed by atoms with E-state index in [2.05, 4.69) is 4.74 Å². The highest BCUT2D eigenvalue weighted by molar-refractivity contribution is 7.89. The number of piperidine rings is 1. The minimum absolute atomic E-state index is 0.0841. The van der Waals surface area contributed by atoms with E-state index in [1.54, 1.807) is 0 Å². The third-order valence-corrected chi connectivity index (χ3v) is 4.93. The van der Waals surface area contributed by atoms with Gasteiger partial charge in [-0.1, -0.05) is 0 Å². The Hall–Kier alpha value is -1.13. The van der Waals surface area contributed by atoms with Gasteiger partial charge in [0, 0.05) is 13.0 Å². The first-order valence-electron chi connectivity index (χ1n) is 5.97. The third-order valence-electron chi connectivity index (χ3n) is 2.97. The molecule has 18 heavy (non-hydrogen) atoms. The first-order valence-corrected chi connectivity index (χ1v) is 7.58. The number of ether oxygens (including phenoxy) is 1. The molecule has 1 unspecified atom stereocenters. The van der Waals surface area contributed by atoms with Gasteiger partial charge in [-0.15, -0.1) is 0 Å². The molecule has 1 aliphatic rings. The van der Waals surface area contributed by atoms with E-state index in [4.69, 9.17) is 5.26 Å². The molecule has 1 rings (SSSR count). The summed E-state index contributed by atoms with van der Waals surface area (Å²) in [6.45, 7) is 0.402. The van der Waals surface area contributed by atoms with Gasteiger partial charge >= 0.3 is 5.97 Å². The second kappa shape index (κ2) is 6.71. The minimum atomic E-state index is -3.45. The molecule has 0 radical (unpaired) electrons. The molecule has 7 heteroatoms. The fraction of sp³-hybridized carbons (Fsp3) is 0.818. The van der Waals surface area contributed by atoms with Gasteiger partial charge in [-0.25, -0.2) is 8.42 Å². The number of nitrogens with zero attached hydrogens (tertiary/aromatic N) is 2. The maximum Gasteiger partial charge on any atom is 0.305 e. The standard InChI is InChI=1S/C11H18N2O4S/c1-17-11(14)6-4-8-18(15,16)13-7-3-2-5-10(13)9-12/h10H,2-8H2,1H3. The summed E-state index contributed by atoms with van der Waals surface area (Å²) in [4.78, 5) is 10.9. The molecule has 1 aliphatic heterocycles. The number of methoxy groups -OCH3 is 1. The van der Waals surface area contributed by atoms with Gasteiger partial charge in [-0.2, -0.15) is 9.57 Å². The monoisotopic (exact) mass is 274 g/mol. The number of esters is 1. The van der Waals surface area contributed by atoms with Crippen LogP contribution in [-0.4, -0.2) is 44.1 Å². The highest BCUT2D eigenvalue weighted by Crippen LogP contribution is 2.20. The van der Waals surface area contributed by atoms with E-state index < -0.39 is 22.0 Å². The van der Waals surface area contributed by atoms with Gasteiger partial charge in [-0.3, -0.25) is 4.79 Å². The molecule has 0 saturated carbocycles. The SMILES string of the molecule is COC(=O)CCCS(=O)(=O)N1CCCCC1C#N. The summed E-state index contributed by atoms with van der Waals surface area (Å²) < 4.78 is 29.8. The molecular formula is C11H18N2O4S. The first-order chi connectivity index (χ1) is 8.51. The largest absolute Gasteiger partial charge is 0.469 e. The van der Waals surface area contributed by atoms with Crippen LogP contribution in [0.5, 0.6) is 0 Å². The lowest BCUT2D eigenvalue weighted by atomic mass is 10.1. The molecule has 102 valence electrons. The fourth-order valence-corrected chi connectivity index (χ4v) is 3.68. The molecule has 0 bridgehead atoms. The van der Waals surface area contributed by atoms with Crippen molar-refractivity contribution < 1.29 is 17.9 Å². The quantitative estimate of drug-likeness (QED) is 0.687. The molecule has 0 aromatic rings. The number of hydrogen-bond donors (Lipinski definition) is 0. The van der Waals surface area contributed by atoms with Crippen molar-refractivity contribution in [2.75, 3.05) is 19.4 Å². The molecule has 0 aromatic carbocycles. The van der Waals surface area contributed by atoms with Crippen molar-refractivity contribution in [3.63, 3.8) is 0 Å². The van der Waals surface area contributed by atoms with Crippen molar-refractivity contribution in [1.82, 2.24) is 4.31 Å². The summed E-state index contributed by atoms with van der Waals surface area (Å²) in [7, 11) is -2.17. The Morgan fingerprint density at radius 1 is 1.50 bits per heavy atom. The van der Waals surface area contributed by atoms with Crippen molar-refractivity contribution in [2.45, 2.75) is 38.1 Å². The summed E-state index contributed by atoms with van der Waals surface area (Å²) in [6, 6.07) is 1.47. The van der Waals surface area contributed by atoms with Gasteiger partial charge in [0.15, 0.2) is 0 Å². The van der Waals surface area contributed by atoms with Gasteiger partial charge in [0.1, 0.15) is 6.04 Å². The Morgan fingerprint density at radius 2 is 2.22 bits per heavy atom. The van der Waals surface area contributed by atoms with E-state index in [-0.39, 0.29) is 18.6 Å². The number of nitriles is 1. The molecule has 1 saturated heterocycles. The van der Waals surface area contributed by atoms with Gasteiger partial charge in [0.2, 0.25) is 10.0 Å². The highest BCUT2D eigenvalue weighted by atomic mass is 32.2. The van der Waals surface area contributed by atoms with Crippen LogP contribution in [0.2, 0.25) is 0 Å². The van der Waals surface area contributed by atoms with Crippen molar-refractivity contribution >= 4 is 16.0 Å². The summed E-state index contributed by atoms with van der Waals surface area (Å²) in [5, 5.41) is 8.95. The first kappa shape index (κ1) is 14.9. The molecule has 0 N–H and O–H groups in total. The van der Waals surface area contributed by atoms with Crippen LogP contribution in [-0.2, 0) is 19.6 Å². The Balaban J connectivity index is 2.57. The van der Waals surface area contributed by atoms with Gasteiger partial charge in [0.25, 0.3) is 0 Å². The molecule has 1 fully saturated rings. The number of carbonyl (C=O) groups is 1. The van der Waals surface area contributed by atoms with Crippen molar-refractivity contribution in [1.29, 1.82) is 5.26 Å². The average molecular weight is 274 g/mol. The van der Waals surface area contributed by atoms with Gasteiger partial charge < -0.3 is 4.74 Å². The van der Waals surface area contributed by atoms with Crippen LogP contribution in [0, 0.1) is 11.3 Å². The van der Waals surface area contributed by atoms with Crippen molar-refractivity contribution in [3.8, 4) is 6.07 Å². The van der Waals surface area contributed by atoms with E-state index in [1.807, 2.05) is 6.07 Å². The zero-order valence-electron chi connectivity index (χ0n) is 10.5. The molecule has 1 atom stereocenters. The van der Waals surface area contributed by atoms with Crippen LogP contribution in [0.3, 0.4) is 0 Å². The average Bonchev–Trinajstić information content (AvgIpc) is 2.38. The molecule has 6 nitrogen and oxygen atoms in total. The predicted molar refractivity (Wildman–Crippen MR) is 65.0 cm³/mol. The van der Waals surface area contributed by atoms with Crippen LogP contribution in [0.4, 0.5) is 0 Å². The van der Waals surface area contributed by atoms with E-state index in [0.29, 0.717) is 13.0 Å². The predicted octanol–water partition coefficient (Wildman–Crippen LogP) is 0.647. The van der Waals surface area contributed by atoms with Gasteiger partial charge in [-0.05, 0) is 25.7 Å². The van der Waals surface area contributed by atoms with Crippen LogP contribution in [0.25, 0.3) is 0 Å². The topological polar surface area (TPSA) is 87.5 Å². The number of sulfonamides is 1. The smallest absolute Gasteiger partial charge is 0.305 e. The maximum atomic E-state index is 12.0. The zero-order chi connectivity index (χ0) is 13.6. The molecule has 1 heterocycles. The van der Waals surface area contributed by atoms with E-state index in [0.717, 1.165) is 12.8 Å². The third kappa shape index (κ3) is 3.96. The molecule has 0 amide bonds. The van der Waals surface area contributed by atoms with E-state index in [9.17, 15) is 13.2 Å². The summed E-state index contributed by atoms with van der Waals surface area (Å²) in [6.07, 6.45) is 2.57. The second-order valence-corrected chi connectivity index (χ2v) is 6.29. The lowest BCUT2D eigenvalue weighted by Gasteiger charge is -2.30. The van der Waals surface area contributed by atoms with Crippen LogP contribution in [0.1, 0.15) is 32.1 Å². The number of hydrogen-bond acceptors (Lipinski definition) is 5. The minimum Gasteiger partial charge on any atom is -0.469 e. The summed E-state index contributed by atoms with van der Waals surface area (Å²) in [5.41, 5.74) is 0. The lowest BCUT2D eigenvalue weighted by molar-refractivity contribution is -0.140. The normalized spacial score (nSPS) is 21.2. The van der Waals surface area contributed by atoms with Crippen LogP contribution < -0.4 is 0 Å². The summed E-state index contributed by atoms with van der Waals surface area (Å²) in [5.74, 6) is -0.527. The van der Waals surface area contributed by atoms with Crippen molar-refractivity contribution in [2.24, 2.45) is 0 Å². The van der Waals surface area contributed by atoms with E-state index >= 15 is 0 Å². The Morgan fingerprint density at radius 3 is 2.83 bits per heavy atom. The molecule has 0 aliphatic carbocycles. The van der Waals surface area contributed by atoms with Crippen LogP contribution in [0.15, 0.2) is 0 Å². The second-order valence-electron chi connectivity index (χ2n) is 4.25. The van der Waals surface area contributed by atoms with E-state index in [1.165, 1.54) is 11.4 Å². The lowest BCUT2D eigenvalue weighted by Crippen LogP contribution is -2.44. The Bertz CT molecular complexity index is 427. The Labute approximate surface area is 108 Å². The molecule has 0 spiro atoms. The summed E-state index contributed by atoms with van der Waals surface area (Å²) >= 11 is 0. The zero-order valence-corrected chi connectivity index (χ0v) is 11.3. The number of carbonyl (C=O) groups excluding carboxylic acids is 1. The number of rotatable bonds is 5. The van der Waals surface area contributed by atoms with Gasteiger partial charge in [0.05, 0.1) is 18.9 Å². The molecule has 0 aromatic heterocycles. The molecular weight excluding hydrogens is 256 g/mol. The highest BCUT2D eigenvalue weighted by Gasteiger charge is 2.31. The fourth-order valence-electron chi connectivity index (χ4n) is 1.99.